The Hall–Kier alpha value is -1.81. The van der Waals surface area contributed by atoms with Gasteiger partial charge in [-0.3, -0.25) is 5.10 Å². The third-order valence-corrected chi connectivity index (χ3v) is 2.03. The summed E-state index contributed by atoms with van der Waals surface area (Å²) in [6.07, 6.45) is 0. The monoisotopic (exact) mass is 188 g/mol. The van der Waals surface area contributed by atoms with Crippen molar-refractivity contribution in [2.75, 3.05) is 5.73 Å². The SMILES string of the molecule is NCc1cc(-c2cccc(N)c2)n[nH]1. The maximum atomic E-state index is 5.67. The van der Waals surface area contributed by atoms with Crippen molar-refractivity contribution in [1.29, 1.82) is 0 Å². The van der Waals surface area contributed by atoms with Gasteiger partial charge >= 0.3 is 0 Å². The zero-order valence-electron chi connectivity index (χ0n) is 7.70. The molecule has 1 heterocycles. The van der Waals surface area contributed by atoms with Gasteiger partial charge in [-0.25, -0.2) is 0 Å². The lowest BCUT2D eigenvalue weighted by molar-refractivity contribution is 0.948. The Morgan fingerprint density at radius 3 is 2.79 bits per heavy atom. The van der Waals surface area contributed by atoms with Crippen LogP contribution in [0.15, 0.2) is 30.3 Å². The summed E-state index contributed by atoms with van der Waals surface area (Å²) in [6.45, 7) is 0.468. The standard InChI is InChI=1S/C10H12N4/c11-6-9-5-10(14-13-9)7-2-1-3-8(12)4-7/h1-5H,6,11-12H2,(H,13,14). The second-order valence-corrected chi connectivity index (χ2v) is 3.11. The maximum Gasteiger partial charge on any atom is 0.0924 e. The fourth-order valence-corrected chi connectivity index (χ4v) is 1.31. The first-order valence-electron chi connectivity index (χ1n) is 4.40. The van der Waals surface area contributed by atoms with Crippen molar-refractivity contribution in [3.05, 3.63) is 36.0 Å². The van der Waals surface area contributed by atoms with Gasteiger partial charge in [0.15, 0.2) is 0 Å². The normalized spacial score (nSPS) is 10.4. The minimum Gasteiger partial charge on any atom is -0.399 e. The number of anilines is 1. The summed E-state index contributed by atoms with van der Waals surface area (Å²) < 4.78 is 0. The second-order valence-electron chi connectivity index (χ2n) is 3.11. The summed E-state index contributed by atoms with van der Waals surface area (Å²) in [7, 11) is 0. The quantitative estimate of drug-likeness (QED) is 0.618. The van der Waals surface area contributed by atoms with Gasteiger partial charge in [0.05, 0.1) is 5.69 Å². The number of nitrogens with zero attached hydrogens (tertiary/aromatic N) is 1. The summed E-state index contributed by atoms with van der Waals surface area (Å²) in [5.41, 5.74) is 14.7. The molecular weight excluding hydrogens is 176 g/mol. The van der Waals surface area contributed by atoms with E-state index in [1.54, 1.807) is 0 Å². The van der Waals surface area contributed by atoms with Crippen LogP contribution in [0.5, 0.6) is 0 Å². The Kier molecular flexibility index (Phi) is 2.20. The number of rotatable bonds is 2. The average molecular weight is 188 g/mol. The van der Waals surface area contributed by atoms with Crippen LogP contribution in [0.3, 0.4) is 0 Å². The Bertz CT molecular complexity index is 433. The highest BCUT2D eigenvalue weighted by Gasteiger charge is 2.02. The summed E-state index contributed by atoms with van der Waals surface area (Å²) in [6, 6.07) is 9.53. The summed E-state index contributed by atoms with van der Waals surface area (Å²) in [5.74, 6) is 0. The van der Waals surface area contributed by atoms with E-state index >= 15 is 0 Å². The van der Waals surface area contributed by atoms with E-state index in [2.05, 4.69) is 10.2 Å². The van der Waals surface area contributed by atoms with E-state index < -0.39 is 0 Å². The molecule has 0 spiro atoms. The minimum atomic E-state index is 0.468. The molecule has 4 nitrogen and oxygen atoms in total. The number of hydrogen-bond donors (Lipinski definition) is 3. The van der Waals surface area contributed by atoms with Gasteiger partial charge in [0.1, 0.15) is 0 Å². The van der Waals surface area contributed by atoms with Gasteiger partial charge in [0.2, 0.25) is 0 Å². The topological polar surface area (TPSA) is 80.7 Å². The van der Waals surface area contributed by atoms with Gasteiger partial charge in [0, 0.05) is 23.5 Å². The molecule has 0 amide bonds. The number of benzene rings is 1. The summed E-state index contributed by atoms with van der Waals surface area (Å²) >= 11 is 0. The van der Waals surface area contributed by atoms with Gasteiger partial charge in [-0.1, -0.05) is 12.1 Å². The molecule has 1 aromatic heterocycles. The average Bonchev–Trinajstić information content (AvgIpc) is 2.66. The molecule has 2 rings (SSSR count). The third-order valence-electron chi connectivity index (χ3n) is 2.03. The molecule has 0 fully saturated rings. The highest BCUT2D eigenvalue weighted by atomic mass is 15.1. The van der Waals surface area contributed by atoms with Crippen molar-refractivity contribution in [2.45, 2.75) is 6.54 Å². The molecule has 0 aliphatic heterocycles. The van der Waals surface area contributed by atoms with Crippen LogP contribution < -0.4 is 11.5 Å². The van der Waals surface area contributed by atoms with E-state index in [9.17, 15) is 0 Å². The van der Waals surface area contributed by atoms with Crippen molar-refractivity contribution in [3.8, 4) is 11.3 Å². The molecular formula is C10H12N4. The molecule has 0 atom stereocenters. The fraction of sp³-hybridized carbons (Fsp3) is 0.100. The molecule has 14 heavy (non-hydrogen) atoms. The minimum absolute atomic E-state index is 0.468. The molecule has 0 saturated heterocycles. The Morgan fingerprint density at radius 1 is 1.29 bits per heavy atom. The van der Waals surface area contributed by atoms with E-state index in [0.29, 0.717) is 6.54 Å². The number of aromatic nitrogens is 2. The van der Waals surface area contributed by atoms with Crippen LogP contribution in [-0.4, -0.2) is 10.2 Å². The summed E-state index contributed by atoms with van der Waals surface area (Å²) in [5, 5.41) is 7.00. The van der Waals surface area contributed by atoms with Crippen molar-refractivity contribution in [2.24, 2.45) is 5.73 Å². The van der Waals surface area contributed by atoms with E-state index in [4.69, 9.17) is 11.5 Å². The lowest BCUT2D eigenvalue weighted by atomic mass is 10.1. The zero-order chi connectivity index (χ0) is 9.97. The lowest BCUT2D eigenvalue weighted by Gasteiger charge is -1.96. The summed E-state index contributed by atoms with van der Waals surface area (Å²) in [4.78, 5) is 0. The predicted molar refractivity (Wildman–Crippen MR) is 56.3 cm³/mol. The highest BCUT2D eigenvalue weighted by molar-refractivity contribution is 5.63. The largest absolute Gasteiger partial charge is 0.399 e. The van der Waals surface area contributed by atoms with Crippen LogP contribution >= 0.6 is 0 Å². The highest BCUT2D eigenvalue weighted by Crippen LogP contribution is 2.19. The smallest absolute Gasteiger partial charge is 0.0924 e. The molecule has 5 N–H and O–H groups in total. The van der Waals surface area contributed by atoms with Gasteiger partial charge in [-0.15, -0.1) is 0 Å². The molecule has 0 radical (unpaired) electrons. The third kappa shape index (κ3) is 1.60. The fourth-order valence-electron chi connectivity index (χ4n) is 1.31. The molecule has 1 aromatic carbocycles. The number of H-pyrrole nitrogens is 1. The predicted octanol–water partition coefficient (Wildman–Crippen LogP) is 1.12. The van der Waals surface area contributed by atoms with Crippen LogP contribution in [0.1, 0.15) is 5.69 Å². The molecule has 4 heteroatoms. The zero-order valence-corrected chi connectivity index (χ0v) is 7.70. The number of hydrogen-bond acceptors (Lipinski definition) is 3. The van der Waals surface area contributed by atoms with Crippen LogP contribution in [0.4, 0.5) is 5.69 Å². The molecule has 0 saturated carbocycles. The van der Waals surface area contributed by atoms with Crippen molar-refractivity contribution in [1.82, 2.24) is 10.2 Å². The first-order valence-corrected chi connectivity index (χ1v) is 4.40. The number of nitrogen functional groups attached to an aromatic ring is 1. The van der Waals surface area contributed by atoms with E-state index in [1.165, 1.54) is 0 Å². The Balaban J connectivity index is 2.39. The lowest BCUT2D eigenvalue weighted by Crippen LogP contribution is -1.95. The van der Waals surface area contributed by atoms with E-state index in [0.717, 1.165) is 22.6 Å². The van der Waals surface area contributed by atoms with Crippen LogP contribution in [0.2, 0.25) is 0 Å². The van der Waals surface area contributed by atoms with Crippen LogP contribution in [0, 0.1) is 0 Å². The van der Waals surface area contributed by atoms with Crippen molar-refractivity contribution in [3.63, 3.8) is 0 Å². The molecule has 2 aromatic rings. The Morgan fingerprint density at radius 2 is 2.14 bits per heavy atom. The first-order chi connectivity index (χ1) is 6.79. The second kappa shape index (κ2) is 3.51. The molecule has 72 valence electrons. The number of nitrogens with one attached hydrogen (secondary N) is 1. The number of nitrogens with two attached hydrogens (primary N) is 2. The van der Waals surface area contributed by atoms with Gasteiger partial charge in [-0.05, 0) is 18.2 Å². The van der Waals surface area contributed by atoms with Gasteiger partial charge < -0.3 is 11.5 Å². The Labute approximate surface area is 81.9 Å². The van der Waals surface area contributed by atoms with Crippen molar-refractivity contribution >= 4 is 5.69 Å². The van der Waals surface area contributed by atoms with Gasteiger partial charge in [-0.2, -0.15) is 5.10 Å². The van der Waals surface area contributed by atoms with E-state index in [1.807, 2.05) is 30.3 Å². The number of aromatic amines is 1. The maximum absolute atomic E-state index is 5.67. The molecule has 0 unspecified atom stereocenters. The molecule has 0 aliphatic rings. The van der Waals surface area contributed by atoms with E-state index in [-0.39, 0.29) is 0 Å². The van der Waals surface area contributed by atoms with Crippen molar-refractivity contribution < 1.29 is 0 Å². The molecule has 0 aliphatic carbocycles. The van der Waals surface area contributed by atoms with Crippen LogP contribution in [0.25, 0.3) is 11.3 Å². The molecule has 0 bridgehead atoms. The first kappa shape index (κ1) is 8.77. The van der Waals surface area contributed by atoms with Gasteiger partial charge in [0.25, 0.3) is 0 Å². The van der Waals surface area contributed by atoms with Crippen LogP contribution in [-0.2, 0) is 6.54 Å².